The maximum atomic E-state index is 10.9. The molecule has 4 N–H and O–H groups in total. The van der Waals surface area contributed by atoms with Crippen molar-refractivity contribution in [3.05, 3.63) is 29.8 Å². The van der Waals surface area contributed by atoms with Gasteiger partial charge in [0.1, 0.15) is 11.9 Å². The second kappa shape index (κ2) is 9.36. The summed E-state index contributed by atoms with van der Waals surface area (Å²) in [5, 5.41) is 10.9. The highest BCUT2D eigenvalue weighted by atomic mass is 32.2. The SMILES string of the molecule is CCNC(=NCC(C)Oc1ccccc1C)NCCS(N)(=O)=O. The number of nitrogens with two attached hydrogens (primary N) is 1. The van der Waals surface area contributed by atoms with Crippen molar-refractivity contribution in [1.82, 2.24) is 10.6 Å². The van der Waals surface area contributed by atoms with Crippen LogP contribution in [-0.4, -0.2) is 45.9 Å². The van der Waals surface area contributed by atoms with Crippen molar-refractivity contribution >= 4 is 16.0 Å². The predicted octanol–water partition coefficient (Wildman–Crippen LogP) is 0.606. The maximum absolute atomic E-state index is 10.9. The number of guanidine groups is 1. The third-order valence-electron chi connectivity index (χ3n) is 2.95. The lowest BCUT2D eigenvalue weighted by molar-refractivity contribution is 0.228. The van der Waals surface area contributed by atoms with Crippen LogP contribution in [0.5, 0.6) is 5.75 Å². The number of nitrogens with zero attached hydrogens (tertiary/aromatic N) is 1. The molecule has 1 atom stereocenters. The molecule has 0 heterocycles. The molecule has 0 radical (unpaired) electrons. The fourth-order valence-electron chi connectivity index (χ4n) is 1.82. The molecule has 130 valence electrons. The maximum Gasteiger partial charge on any atom is 0.210 e. The van der Waals surface area contributed by atoms with Crippen LogP contribution < -0.4 is 20.5 Å². The van der Waals surface area contributed by atoms with E-state index in [0.717, 1.165) is 11.3 Å². The van der Waals surface area contributed by atoms with Crippen LogP contribution in [0.4, 0.5) is 0 Å². The number of hydrogen-bond donors (Lipinski definition) is 3. The van der Waals surface area contributed by atoms with Gasteiger partial charge in [0.15, 0.2) is 5.96 Å². The third-order valence-corrected chi connectivity index (χ3v) is 3.72. The molecule has 0 aromatic heterocycles. The minimum absolute atomic E-state index is 0.107. The monoisotopic (exact) mass is 342 g/mol. The van der Waals surface area contributed by atoms with Crippen molar-refractivity contribution in [2.75, 3.05) is 25.4 Å². The van der Waals surface area contributed by atoms with Crippen molar-refractivity contribution in [2.45, 2.75) is 26.9 Å². The Bertz CT molecular complexity index is 617. The van der Waals surface area contributed by atoms with Crippen LogP contribution in [-0.2, 0) is 10.0 Å². The number of hydrogen-bond acceptors (Lipinski definition) is 4. The van der Waals surface area contributed by atoms with E-state index < -0.39 is 10.0 Å². The van der Waals surface area contributed by atoms with E-state index in [4.69, 9.17) is 9.88 Å². The molecular weight excluding hydrogens is 316 g/mol. The van der Waals surface area contributed by atoms with Gasteiger partial charge in [-0.2, -0.15) is 0 Å². The van der Waals surface area contributed by atoms with Crippen molar-refractivity contribution in [3.8, 4) is 5.75 Å². The number of nitrogens with one attached hydrogen (secondary N) is 2. The van der Waals surface area contributed by atoms with Crippen molar-refractivity contribution < 1.29 is 13.2 Å². The molecule has 0 saturated carbocycles. The highest BCUT2D eigenvalue weighted by molar-refractivity contribution is 7.89. The number of benzene rings is 1. The highest BCUT2D eigenvalue weighted by Crippen LogP contribution is 2.17. The van der Waals surface area contributed by atoms with E-state index in [0.29, 0.717) is 19.0 Å². The Morgan fingerprint density at radius 3 is 2.65 bits per heavy atom. The van der Waals surface area contributed by atoms with Crippen LogP contribution in [0.15, 0.2) is 29.3 Å². The molecule has 1 rings (SSSR count). The van der Waals surface area contributed by atoms with Gasteiger partial charge in [-0.1, -0.05) is 18.2 Å². The zero-order valence-electron chi connectivity index (χ0n) is 13.9. The van der Waals surface area contributed by atoms with Crippen LogP contribution >= 0.6 is 0 Å². The molecule has 0 bridgehead atoms. The zero-order chi connectivity index (χ0) is 17.3. The van der Waals surface area contributed by atoms with Gasteiger partial charge >= 0.3 is 0 Å². The smallest absolute Gasteiger partial charge is 0.210 e. The molecule has 0 fully saturated rings. The Morgan fingerprint density at radius 1 is 1.35 bits per heavy atom. The first-order chi connectivity index (χ1) is 10.8. The fourth-order valence-corrected chi connectivity index (χ4v) is 2.20. The average molecular weight is 342 g/mol. The third kappa shape index (κ3) is 8.41. The van der Waals surface area contributed by atoms with Gasteiger partial charge in [-0.15, -0.1) is 0 Å². The molecule has 1 aromatic carbocycles. The normalized spacial score (nSPS) is 13.5. The van der Waals surface area contributed by atoms with Crippen LogP contribution in [0, 0.1) is 6.92 Å². The molecule has 23 heavy (non-hydrogen) atoms. The summed E-state index contributed by atoms with van der Waals surface area (Å²) in [6.07, 6.45) is -0.107. The van der Waals surface area contributed by atoms with E-state index in [1.807, 2.05) is 45.0 Å². The van der Waals surface area contributed by atoms with Crippen molar-refractivity contribution in [2.24, 2.45) is 10.1 Å². The Hall–Kier alpha value is -1.80. The molecule has 0 aliphatic carbocycles. The molecule has 7 nitrogen and oxygen atoms in total. The van der Waals surface area contributed by atoms with E-state index in [9.17, 15) is 8.42 Å². The van der Waals surface area contributed by atoms with Crippen LogP contribution in [0.3, 0.4) is 0 Å². The fraction of sp³-hybridized carbons (Fsp3) is 0.533. The Kier molecular flexibility index (Phi) is 7.84. The number of aliphatic imine (C=N–C) groups is 1. The average Bonchev–Trinajstić information content (AvgIpc) is 2.46. The summed E-state index contributed by atoms with van der Waals surface area (Å²) >= 11 is 0. The lowest BCUT2D eigenvalue weighted by Gasteiger charge is -2.16. The number of ether oxygens (including phenoxy) is 1. The number of primary sulfonamides is 1. The van der Waals surface area contributed by atoms with Gasteiger partial charge < -0.3 is 15.4 Å². The van der Waals surface area contributed by atoms with E-state index in [1.165, 1.54) is 0 Å². The largest absolute Gasteiger partial charge is 0.489 e. The molecule has 0 amide bonds. The first-order valence-electron chi connectivity index (χ1n) is 7.56. The Labute approximate surface area is 138 Å². The summed E-state index contributed by atoms with van der Waals surface area (Å²) in [6, 6.07) is 7.80. The lowest BCUT2D eigenvalue weighted by Crippen LogP contribution is -2.40. The quantitative estimate of drug-likeness (QED) is 0.474. The number of sulfonamides is 1. The van der Waals surface area contributed by atoms with Gasteiger partial charge in [0.25, 0.3) is 0 Å². The standard InChI is InChI=1S/C15H26N4O3S/c1-4-17-15(18-9-10-23(16,20)21)19-11-13(3)22-14-8-6-5-7-12(14)2/h5-8,13H,4,9-11H2,1-3H3,(H2,16,20,21)(H2,17,18,19). The minimum atomic E-state index is -3.48. The molecule has 1 aromatic rings. The Morgan fingerprint density at radius 2 is 2.04 bits per heavy atom. The summed E-state index contributed by atoms with van der Waals surface area (Å²) < 4.78 is 27.7. The summed E-state index contributed by atoms with van der Waals surface area (Å²) in [5.74, 6) is 1.23. The zero-order valence-corrected chi connectivity index (χ0v) is 14.7. The van der Waals surface area contributed by atoms with Crippen molar-refractivity contribution in [3.63, 3.8) is 0 Å². The van der Waals surface area contributed by atoms with E-state index in [2.05, 4.69) is 15.6 Å². The van der Waals surface area contributed by atoms with E-state index >= 15 is 0 Å². The van der Waals surface area contributed by atoms with E-state index in [-0.39, 0.29) is 18.4 Å². The second-order valence-corrected chi connectivity index (χ2v) is 6.94. The molecular formula is C15H26N4O3S. The molecule has 0 aliphatic rings. The lowest BCUT2D eigenvalue weighted by atomic mass is 10.2. The molecule has 1 unspecified atom stereocenters. The van der Waals surface area contributed by atoms with Gasteiger partial charge in [-0.3, -0.25) is 0 Å². The Balaban J connectivity index is 2.53. The topological polar surface area (TPSA) is 106 Å². The number of aryl methyl sites for hydroxylation is 1. The van der Waals surface area contributed by atoms with Gasteiger partial charge in [0, 0.05) is 13.1 Å². The molecule has 0 saturated heterocycles. The van der Waals surface area contributed by atoms with Gasteiger partial charge in [0.05, 0.1) is 12.3 Å². The molecule has 8 heteroatoms. The van der Waals surface area contributed by atoms with Crippen LogP contribution in [0.25, 0.3) is 0 Å². The first kappa shape index (κ1) is 19.2. The molecule has 0 spiro atoms. The number of rotatable bonds is 8. The summed E-state index contributed by atoms with van der Waals surface area (Å²) in [6.45, 7) is 7.18. The summed E-state index contributed by atoms with van der Waals surface area (Å²) in [4.78, 5) is 4.39. The van der Waals surface area contributed by atoms with Gasteiger partial charge in [-0.05, 0) is 32.4 Å². The molecule has 0 aliphatic heterocycles. The van der Waals surface area contributed by atoms with Gasteiger partial charge in [-0.25, -0.2) is 18.5 Å². The minimum Gasteiger partial charge on any atom is -0.489 e. The highest BCUT2D eigenvalue weighted by Gasteiger charge is 2.07. The van der Waals surface area contributed by atoms with E-state index in [1.54, 1.807) is 0 Å². The van der Waals surface area contributed by atoms with Crippen LogP contribution in [0.1, 0.15) is 19.4 Å². The first-order valence-corrected chi connectivity index (χ1v) is 9.28. The predicted molar refractivity (Wildman–Crippen MR) is 93.2 cm³/mol. The van der Waals surface area contributed by atoms with Crippen molar-refractivity contribution in [1.29, 1.82) is 0 Å². The second-order valence-electron chi connectivity index (χ2n) is 5.21. The summed E-state index contributed by atoms with van der Waals surface area (Å²) in [7, 11) is -3.48. The van der Waals surface area contributed by atoms with Gasteiger partial charge in [0.2, 0.25) is 10.0 Å². The number of para-hydroxylation sites is 1. The van der Waals surface area contributed by atoms with Crippen LogP contribution in [0.2, 0.25) is 0 Å². The summed E-state index contributed by atoms with van der Waals surface area (Å²) in [5.41, 5.74) is 1.07.